The van der Waals surface area contributed by atoms with Gasteiger partial charge in [-0.05, 0) is 18.9 Å². The summed E-state index contributed by atoms with van der Waals surface area (Å²) in [5.74, 6) is 0. The molecule has 0 unspecified atom stereocenters. The van der Waals surface area contributed by atoms with E-state index in [4.69, 9.17) is 5.73 Å². The van der Waals surface area contributed by atoms with E-state index in [1.807, 2.05) is 0 Å². The van der Waals surface area contributed by atoms with Gasteiger partial charge in [-0.1, -0.05) is 25.0 Å². The molecule has 0 spiro atoms. The van der Waals surface area contributed by atoms with Crippen LogP contribution in [-0.4, -0.2) is 5.11 Å². The molecule has 1 fully saturated rings. The molecule has 3 N–H and O–H groups in total. The van der Waals surface area contributed by atoms with E-state index >= 15 is 0 Å². The Balaban J connectivity index is 2.49. The van der Waals surface area contributed by atoms with Crippen LogP contribution in [-0.2, 0) is 11.8 Å². The number of rotatable bonds is 1. The summed E-state index contributed by atoms with van der Waals surface area (Å²) in [6, 6.07) is 3.72. The lowest BCUT2D eigenvalue weighted by Gasteiger charge is -2.26. The molecule has 1 aliphatic rings. The van der Waals surface area contributed by atoms with Crippen LogP contribution in [0.2, 0.25) is 0 Å². The van der Waals surface area contributed by atoms with Crippen molar-refractivity contribution in [3.63, 3.8) is 0 Å². The first kappa shape index (κ1) is 12.2. The van der Waals surface area contributed by atoms with Gasteiger partial charge in [-0.2, -0.15) is 13.2 Å². The highest BCUT2D eigenvalue weighted by Crippen LogP contribution is 2.44. The Morgan fingerprint density at radius 3 is 2.29 bits per heavy atom. The molecule has 0 bridgehead atoms. The Hall–Kier alpha value is -1.23. The molecule has 1 aliphatic carbocycles. The van der Waals surface area contributed by atoms with Gasteiger partial charge in [-0.15, -0.1) is 0 Å². The molecule has 94 valence electrons. The Morgan fingerprint density at radius 1 is 1.18 bits per heavy atom. The molecule has 1 aromatic carbocycles. The van der Waals surface area contributed by atoms with Crippen molar-refractivity contribution in [1.82, 2.24) is 0 Å². The predicted molar refractivity (Wildman–Crippen MR) is 58.2 cm³/mol. The molecule has 5 heteroatoms. The molecule has 0 atom stereocenters. The first-order valence-electron chi connectivity index (χ1n) is 5.53. The molecule has 0 amide bonds. The van der Waals surface area contributed by atoms with Crippen LogP contribution in [0.1, 0.15) is 36.8 Å². The van der Waals surface area contributed by atoms with Crippen molar-refractivity contribution in [3.05, 3.63) is 29.3 Å². The number of halogens is 3. The average Bonchev–Trinajstić information content (AvgIpc) is 2.64. The predicted octanol–water partition coefficient (Wildman–Crippen LogP) is 3.05. The van der Waals surface area contributed by atoms with Crippen LogP contribution in [0.15, 0.2) is 18.2 Å². The van der Waals surface area contributed by atoms with Crippen LogP contribution in [0.25, 0.3) is 0 Å². The number of aliphatic hydroxyl groups is 1. The first-order chi connectivity index (χ1) is 7.84. The van der Waals surface area contributed by atoms with E-state index < -0.39 is 17.3 Å². The molecule has 2 nitrogen and oxygen atoms in total. The molecule has 1 aromatic rings. The fourth-order valence-corrected chi connectivity index (χ4v) is 2.45. The van der Waals surface area contributed by atoms with Crippen molar-refractivity contribution in [2.24, 2.45) is 0 Å². The second kappa shape index (κ2) is 3.91. The summed E-state index contributed by atoms with van der Waals surface area (Å²) in [6.45, 7) is 0. The maximum atomic E-state index is 12.7. The fraction of sp³-hybridized carbons (Fsp3) is 0.500. The van der Waals surface area contributed by atoms with Crippen molar-refractivity contribution >= 4 is 5.69 Å². The van der Waals surface area contributed by atoms with Gasteiger partial charge in [0.15, 0.2) is 0 Å². The smallest absolute Gasteiger partial charge is 0.398 e. The normalized spacial score (nSPS) is 19.5. The third kappa shape index (κ3) is 2.11. The van der Waals surface area contributed by atoms with E-state index in [9.17, 15) is 18.3 Å². The highest BCUT2D eigenvalue weighted by Gasteiger charge is 2.39. The molecular weight excluding hydrogens is 231 g/mol. The highest BCUT2D eigenvalue weighted by atomic mass is 19.4. The van der Waals surface area contributed by atoms with Gasteiger partial charge in [0.05, 0.1) is 11.2 Å². The molecule has 2 rings (SSSR count). The zero-order valence-corrected chi connectivity index (χ0v) is 9.22. The van der Waals surface area contributed by atoms with Gasteiger partial charge in [-0.25, -0.2) is 0 Å². The second-order valence-electron chi connectivity index (χ2n) is 4.50. The minimum Gasteiger partial charge on any atom is -0.398 e. The monoisotopic (exact) mass is 245 g/mol. The first-order valence-corrected chi connectivity index (χ1v) is 5.53. The van der Waals surface area contributed by atoms with Crippen LogP contribution in [0.3, 0.4) is 0 Å². The van der Waals surface area contributed by atoms with Crippen LogP contribution in [0.4, 0.5) is 18.9 Å². The van der Waals surface area contributed by atoms with Crippen LogP contribution >= 0.6 is 0 Å². The van der Waals surface area contributed by atoms with Crippen molar-refractivity contribution in [3.8, 4) is 0 Å². The summed E-state index contributed by atoms with van der Waals surface area (Å²) in [4.78, 5) is 0. The number of alkyl halides is 3. The van der Waals surface area contributed by atoms with Gasteiger partial charge >= 0.3 is 6.18 Å². The lowest BCUT2D eigenvalue weighted by Crippen LogP contribution is -2.24. The summed E-state index contributed by atoms with van der Waals surface area (Å²) in [5.41, 5.74) is 3.37. The molecule has 0 aliphatic heterocycles. The SMILES string of the molecule is Nc1c(C(F)(F)F)cccc1C1(O)CCCC1. The van der Waals surface area contributed by atoms with Gasteiger partial charge in [0.25, 0.3) is 0 Å². The summed E-state index contributed by atoms with van der Waals surface area (Å²) in [7, 11) is 0. The summed E-state index contributed by atoms with van der Waals surface area (Å²) in [5, 5.41) is 10.3. The van der Waals surface area contributed by atoms with Gasteiger partial charge in [0, 0.05) is 11.3 Å². The zero-order chi connectivity index (χ0) is 12.7. The zero-order valence-electron chi connectivity index (χ0n) is 9.22. The summed E-state index contributed by atoms with van der Waals surface area (Å²) in [6.07, 6.45) is -1.91. The molecule has 0 heterocycles. The molecule has 0 radical (unpaired) electrons. The average molecular weight is 245 g/mol. The van der Waals surface area contributed by atoms with Crippen LogP contribution in [0.5, 0.6) is 0 Å². The van der Waals surface area contributed by atoms with Crippen molar-refractivity contribution in [2.75, 3.05) is 5.73 Å². The third-order valence-corrected chi connectivity index (χ3v) is 3.34. The molecule has 1 saturated carbocycles. The molecule has 17 heavy (non-hydrogen) atoms. The number of anilines is 1. The Bertz CT molecular complexity index is 422. The van der Waals surface area contributed by atoms with E-state index in [-0.39, 0.29) is 11.3 Å². The van der Waals surface area contributed by atoms with Crippen molar-refractivity contribution in [1.29, 1.82) is 0 Å². The van der Waals surface area contributed by atoms with Crippen molar-refractivity contribution < 1.29 is 18.3 Å². The molecule has 0 aromatic heterocycles. The molecular formula is C12H14F3NO. The number of benzene rings is 1. The standard InChI is InChI=1S/C12H14F3NO/c13-12(14,15)9-5-3-4-8(10(9)16)11(17)6-1-2-7-11/h3-5,17H,1-2,6-7,16H2. The maximum absolute atomic E-state index is 12.7. The van der Waals surface area contributed by atoms with Gasteiger partial charge in [0.2, 0.25) is 0 Å². The Kier molecular flexibility index (Phi) is 2.81. The Labute approximate surface area is 97.2 Å². The van der Waals surface area contributed by atoms with E-state index in [1.165, 1.54) is 12.1 Å². The lowest BCUT2D eigenvalue weighted by atomic mass is 9.89. The summed E-state index contributed by atoms with van der Waals surface area (Å²) < 4.78 is 38.0. The minimum atomic E-state index is -4.48. The van der Waals surface area contributed by atoms with E-state index in [1.54, 1.807) is 0 Å². The Morgan fingerprint density at radius 2 is 1.76 bits per heavy atom. The van der Waals surface area contributed by atoms with E-state index in [2.05, 4.69) is 0 Å². The summed E-state index contributed by atoms with van der Waals surface area (Å²) >= 11 is 0. The highest BCUT2D eigenvalue weighted by molar-refractivity contribution is 5.57. The second-order valence-corrected chi connectivity index (χ2v) is 4.50. The van der Waals surface area contributed by atoms with E-state index in [0.717, 1.165) is 18.9 Å². The molecule has 0 saturated heterocycles. The van der Waals surface area contributed by atoms with Gasteiger partial charge in [-0.3, -0.25) is 0 Å². The third-order valence-electron chi connectivity index (χ3n) is 3.34. The van der Waals surface area contributed by atoms with Gasteiger partial charge in [0.1, 0.15) is 0 Å². The number of nitrogens with two attached hydrogens (primary N) is 1. The number of para-hydroxylation sites is 1. The van der Waals surface area contributed by atoms with Crippen LogP contribution < -0.4 is 5.73 Å². The van der Waals surface area contributed by atoms with Crippen molar-refractivity contribution in [2.45, 2.75) is 37.5 Å². The number of hydrogen-bond donors (Lipinski definition) is 2. The fourth-order valence-electron chi connectivity index (χ4n) is 2.45. The lowest BCUT2D eigenvalue weighted by molar-refractivity contribution is -0.137. The quantitative estimate of drug-likeness (QED) is 0.747. The number of hydrogen-bond acceptors (Lipinski definition) is 2. The topological polar surface area (TPSA) is 46.2 Å². The van der Waals surface area contributed by atoms with E-state index in [0.29, 0.717) is 12.8 Å². The van der Waals surface area contributed by atoms with Gasteiger partial charge < -0.3 is 10.8 Å². The number of nitrogen functional groups attached to an aromatic ring is 1. The largest absolute Gasteiger partial charge is 0.418 e. The minimum absolute atomic E-state index is 0.213. The maximum Gasteiger partial charge on any atom is 0.418 e. The van der Waals surface area contributed by atoms with Crippen LogP contribution in [0, 0.1) is 0 Å².